The number of carbonyl (C=O) groups is 1. The number of piperidine rings is 1. The molecule has 5 heterocycles. The maximum Gasteiger partial charge on any atom is 0.228 e. The molecular formula is C27H30N10O. The number of nitrogens with zero attached hydrogens (tertiary/aromatic N) is 9. The third-order valence-corrected chi connectivity index (χ3v) is 7.20. The molecule has 4 aromatic rings. The number of carbonyl (C=O) groups excluding carboxylic acids is 1. The summed E-state index contributed by atoms with van der Waals surface area (Å²) in [5.41, 5.74) is 1.24. The summed E-state index contributed by atoms with van der Waals surface area (Å²) in [4.78, 5) is 37.4. The van der Waals surface area contributed by atoms with Crippen LogP contribution < -0.4 is 20.0 Å². The van der Waals surface area contributed by atoms with Crippen LogP contribution in [0.25, 0.3) is 5.82 Å². The van der Waals surface area contributed by atoms with Crippen LogP contribution in [0.15, 0.2) is 73.6 Å². The Morgan fingerprint density at radius 3 is 2.13 bits per heavy atom. The number of hydrogen-bond donors (Lipinski definition) is 1. The molecule has 1 aromatic carbocycles. The lowest BCUT2D eigenvalue weighted by atomic mass is 9.96. The normalized spacial score (nSPS) is 16.5. The number of hydrogen-bond acceptors (Lipinski definition) is 9. The first kappa shape index (κ1) is 23.8. The van der Waals surface area contributed by atoms with Crippen molar-refractivity contribution in [2.75, 3.05) is 59.3 Å². The van der Waals surface area contributed by atoms with Gasteiger partial charge in [0.1, 0.15) is 30.1 Å². The largest absolute Gasteiger partial charge is 0.368 e. The second-order valence-corrected chi connectivity index (χ2v) is 9.51. The molecule has 0 atom stereocenters. The monoisotopic (exact) mass is 510 g/mol. The molecule has 0 radical (unpaired) electrons. The lowest BCUT2D eigenvalue weighted by Crippen LogP contribution is -2.46. The highest BCUT2D eigenvalue weighted by molar-refractivity contribution is 5.92. The number of nitrogens with one attached hydrogen (secondary N) is 1. The predicted molar refractivity (Wildman–Crippen MR) is 146 cm³/mol. The third-order valence-electron chi connectivity index (χ3n) is 7.20. The molecule has 11 heteroatoms. The summed E-state index contributed by atoms with van der Waals surface area (Å²) in [6.07, 6.45) is 8.14. The van der Waals surface area contributed by atoms with E-state index in [1.54, 1.807) is 17.2 Å². The van der Waals surface area contributed by atoms with Gasteiger partial charge in [-0.05, 0) is 31.0 Å². The fraction of sp³-hybridized carbons (Fsp3) is 0.333. The van der Waals surface area contributed by atoms with Gasteiger partial charge in [0, 0.05) is 75.4 Å². The van der Waals surface area contributed by atoms with Crippen molar-refractivity contribution < 1.29 is 4.79 Å². The van der Waals surface area contributed by atoms with Gasteiger partial charge in [-0.1, -0.05) is 18.2 Å². The van der Waals surface area contributed by atoms with Gasteiger partial charge in [0.15, 0.2) is 5.82 Å². The molecule has 0 unspecified atom stereocenters. The highest BCUT2D eigenvalue weighted by Gasteiger charge is 2.27. The van der Waals surface area contributed by atoms with Crippen LogP contribution in [0.3, 0.4) is 0 Å². The van der Waals surface area contributed by atoms with Crippen LogP contribution in [0.2, 0.25) is 0 Å². The van der Waals surface area contributed by atoms with Gasteiger partial charge < -0.3 is 20.0 Å². The van der Waals surface area contributed by atoms with Gasteiger partial charge in [0.25, 0.3) is 0 Å². The zero-order valence-corrected chi connectivity index (χ0v) is 21.1. The van der Waals surface area contributed by atoms with Crippen LogP contribution in [0.1, 0.15) is 12.8 Å². The van der Waals surface area contributed by atoms with Crippen molar-refractivity contribution in [3.05, 3.63) is 73.6 Å². The van der Waals surface area contributed by atoms with Crippen LogP contribution in [0, 0.1) is 5.92 Å². The Balaban J connectivity index is 1.02. The first-order valence-corrected chi connectivity index (χ1v) is 13.0. The minimum atomic E-state index is -0.0773. The van der Waals surface area contributed by atoms with Crippen LogP contribution >= 0.6 is 0 Å². The molecule has 1 amide bonds. The topological polar surface area (TPSA) is 108 Å². The van der Waals surface area contributed by atoms with E-state index in [1.807, 2.05) is 30.5 Å². The molecular weight excluding hydrogens is 480 g/mol. The third kappa shape index (κ3) is 5.26. The van der Waals surface area contributed by atoms with Gasteiger partial charge >= 0.3 is 0 Å². The molecule has 2 saturated heterocycles. The average molecular weight is 511 g/mol. The van der Waals surface area contributed by atoms with Crippen molar-refractivity contribution in [3.8, 4) is 5.82 Å². The van der Waals surface area contributed by atoms with Gasteiger partial charge in [0.05, 0.1) is 0 Å². The van der Waals surface area contributed by atoms with Gasteiger partial charge in [-0.3, -0.25) is 4.79 Å². The van der Waals surface area contributed by atoms with E-state index < -0.39 is 0 Å². The first-order chi connectivity index (χ1) is 18.7. The van der Waals surface area contributed by atoms with E-state index in [0.717, 1.165) is 69.6 Å². The fourth-order valence-electron chi connectivity index (χ4n) is 5.06. The fourth-order valence-corrected chi connectivity index (χ4v) is 5.06. The van der Waals surface area contributed by atoms with E-state index in [9.17, 15) is 4.79 Å². The van der Waals surface area contributed by atoms with E-state index >= 15 is 0 Å². The average Bonchev–Trinajstić information content (AvgIpc) is 3.54. The molecule has 0 saturated carbocycles. The Kier molecular flexibility index (Phi) is 6.79. The maximum absolute atomic E-state index is 13.1. The zero-order chi connectivity index (χ0) is 25.7. The number of amides is 1. The quantitative estimate of drug-likeness (QED) is 0.419. The molecule has 0 bridgehead atoms. The van der Waals surface area contributed by atoms with Crippen LogP contribution in [-0.2, 0) is 4.79 Å². The molecule has 194 valence electrons. The second kappa shape index (κ2) is 10.8. The van der Waals surface area contributed by atoms with E-state index in [1.165, 1.54) is 12.0 Å². The van der Waals surface area contributed by atoms with Crippen molar-refractivity contribution in [1.82, 2.24) is 29.7 Å². The molecule has 38 heavy (non-hydrogen) atoms. The number of benzene rings is 1. The highest BCUT2D eigenvalue weighted by atomic mass is 16.2. The molecule has 2 aliphatic rings. The lowest BCUT2D eigenvalue weighted by molar-refractivity contribution is -0.120. The van der Waals surface area contributed by atoms with Crippen molar-refractivity contribution in [2.24, 2.45) is 5.92 Å². The molecule has 2 fully saturated rings. The van der Waals surface area contributed by atoms with E-state index in [2.05, 4.69) is 69.3 Å². The summed E-state index contributed by atoms with van der Waals surface area (Å²) >= 11 is 0. The highest BCUT2D eigenvalue weighted by Crippen LogP contribution is 2.25. The number of anilines is 4. The van der Waals surface area contributed by atoms with Crippen molar-refractivity contribution >= 4 is 29.0 Å². The van der Waals surface area contributed by atoms with Crippen LogP contribution in [0.5, 0.6) is 0 Å². The number of rotatable bonds is 6. The molecule has 11 nitrogen and oxygen atoms in total. The summed E-state index contributed by atoms with van der Waals surface area (Å²) < 4.78 is 1.71. The summed E-state index contributed by atoms with van der Waals surface area (Å²) in [5.74, 6) is 2.88. The van der Waals surface area contributed by atoms with Crippen molar-refractivity contribution in [2.45, 2.75) is 12.8 Å². The van der Waals surface area contributed by atoms with Crippen molar-refractivity contribution in [3.63, 3.8) is 0 Å². The van der Waals surface area contributed by atoms with Crippen LogP contribution in [0.4, 0.5) is 23.1 Å². The lowest BCUT2D eigenvalue weighted by Gasteiger charge is -2.36. The van der Waals surface area contributed by atoms with Crippen molar-refractivity contribution in [1.29, 1.82) is 0 Å². The van der Waals surface area contributed by atoms with E-state index in [-0.39, 0.29) is 11.8 Å². The minimum absolute atomic E-state index is 0.00288. The Hall–Kier alpha value is -4.54. The molecule has 3 aromatic heterocycles. The SMILES string of the molecule is O=C(Nc1cc(N2CCN(c3ccccc3)CC2)ncn1)C1CCN(c2cc(-n3cccn3)ncn2)CC1. The molecule has 1 N–H and O–H groups in total. The smallest absolute Gasteiger partial charge is 0.228 e. The minimum Gasteiger partial charge on any atom is -0.368 e. The Bertz CT molecular complexity index is 1350. The van der Waals surface area contributed by atoms with Gasteiger partial charge in [0.2, 0.25) is 5.91 Å². The van der Waals surface area contributed by atoms with Gasteiger partial charge in [-0.15, -0.1) is 0 Å². The Morgan fingerprint density at radius 1 is 0.737 bits per heavy atom. The molecule has 2 aliphatic heterocycles. The predicted octanol–water partition coefficient (Wildman–Crippen LogP) is 2.63. The summed E-state index contributed by atoms with van der Waals surface area (Å²) in [5, 5.41) is 7.26. The van der Waals surface area contributed by atoms with Gasteiger partial charge in [-0.25, -0.2) is 24.6 Å². The number of piperazine rings is 1. The molecule has 6 rings (SSSR count). The number of aromatic nitrogens is 6. The molecule has 0 aliphatic carbocycles. The summed E-state index contributed by atoms with van der Waals surface area (Å²) in [7, 11) is 0. The Morgan fingerprint density at radius 2 is 1.39 bits per heavy atom. The summed E-state index contributed by atoms with van der Waals surface area (Å²) in [6.45, 7) is 5.06. The molecule has 0 spiro atoms. The zero-order valence-electron chi connectivity index (χ0n) is 21.1. The van der Waals surface area contributed by atoms with E-state index in [4.69, 9.17) is 0 Å². The Labute approximate surface area is 221 Å². The number of para-hydroxylation sites is 1. The first-order valence-electron chi connectivity index (χ1n) is 13.0. The second-order valence-electron chi connectivity index (χ2n) is 9.51. The summed E-state index contributed by atoms with van der Waals surface area (Å²) in [6, 6.07) is 16.1. The van der Waals surface area contributed by atoms with Crippen LogP contribution in [-0.4, -0.2) is 74.9 Å². The maximum atomic E-state index is 13.1. The van der Waals surface area contributed by atoms with E-state index in [0.29, 0.717) is 5.82 Å². The van der Waals surface area contributed by atoms with Gasteiger partial charge in [-0.2, -0.15) is 5.10 Å². The standard InChI is InChI=1S/C27H30N10O/c38-27(21-7-11-35(12-8-21)25-18-26(31-20-30-25)37-10-4-9-32-37)33-23-17-24(29-19-28-23)36-15-13-34(14-16-36)22-5-2-1-3-6-22/h1-6,9-10,17-21H,7-8,11-16H2,(H,28,29,33,38).